The van der Waals surface area contributed by atoms with Gasteiger partial charge in [-0.25, -0.2) is 0 Å². The van der Waals surface area contributed by atoms with E-state index in [1.165, 1.54) is 0 Å². The second-order valence-electron chi connectivity index (χ2n) is 4.72. The smallest absolute Gasteiger partial charge is 0.248 e. The average Bonchev–Trinajstić information content (AvgIpc) is 2.49. The number of piperazine rings is 1. The molecule has 1 aliphatic heterocycles. The Morgan fingerprint density at radius 2 is 1.50 bits per heavy atom. The van der Waals surface area contributed by atoms with E-state index in [4.69, 9.17) is 16.7 Å². The van der Waals surface area contributed by atoms with E-state index in [1.54, 1.807) is 21.9 Å². The SMILES string of the molecule is O=C(CO)N1CCN(C(=O)Cc2ccc(Cl)cc2)CC1. The van der Waals surface area contributed by atoms with Crippen molar-refractivity contribution in [2.24, 2.45) is 0 Å². The quantitative estimate of drug-likeness (QED) is 0.886. The van der Waals surface area contributed by atoms with Crippen LogP contribution in [0.2, 0.25) is 5.02 Å². The molecule has 2 amide bonds. The van der Waals surface area contributed by atoms with Crippen molar-refractivity contribution in [3.8, 4) is 0 Å². The van der Waals surface area contributed by atoms with E-state index >= 15 is 0 Å². The maximum Gasteiger partial charge on any atom is 0.248 e. The number of rotatable bonds is 3. The molecule has 1 N–H and O–H groups in total. The highest BCUT2D eigenvalue weighted by molar-refractivity contribution is 6.30. The molecule has 0 spiro atoms. The molecule has 0 saturated carbocycles. The molecule has 6 heteroatoms. The van der Waals surface area contributed by atoms with Crippen LogP contribution in [-0.4, -0.2) is 59.5 Å². The second-order valence-corrected chi connectivity index (χ2v) is 5.16. The Morgan fingerprint density at radius 3 is 2.00 bits per heavy atom. The second kappa shape index (κ2) is 6.72. The molecule has 1 aromatic rings. The number of hydrogen-bond donors (Lipinski definition) is 1. The molecule has 0 aliphatic carbocycles. The zero-order valence-corrected chi connectivity index (χ0v) is 11.8. The van der Waals surface area contributed by atoms with E-state index in [0.29, 0.717) is 37.6 Å². The van der Waals surface area contributed by atoms with Crippen molar-refractivity contribution in [1.29, 1.82) is 0 Å². The summed E-state index contributed by atoms with van der Waals surface area (Å²) < 4.78 is 0. The normalized spacial score (nSPS) is 15.3. The first kappa shape index (κ1) is 14.8. The van der Waals surface area contributed by atoms with Gasteiger partial charge in [0.15, 0.2) is 0 Å². The summed E-state index contributed by atoms with van der Waals surface area (Å²) in [5.74, 6) is -0.238. The molecular weight excluding hydrogens is 280 g/mol. The lowest BCUT2D eigenvalue weighted by atomic mass is 10.1. The third kappa shape index (κ3) is 3.71. The summed E-state index contributed by atoms with van der Waals surface area (Å²) in [7, 11) is 0. The molecule has 1 aromatic carbocycles. The fraction of sp³-hybridized carbons (Fsp3) is 0.429. The van der Waals surface area contributed by atoms with Gasteiger partial charge in [0.1, 0.15) is 6.61 Å². The maximum atomic E-state index is 12.1. The van der Waals surface area contributed by atoms with Crippen molar-refractivity contribution in [1.82, 2.24) is 9.80 Å². The summed E-state index contributed by atoms with van der Waals surface area (Å²) >= 11 is 5.80. The fourth-order valence-electron chi connectivity index (χ4n) is 2.19. The molecule has 0 aromatic heterocycles. The number of aliphatic hydroxyl groups excluding tert-OH is 1. The van der Waals surface area contributed by atoms with E-state index in [0.717, 1.165) is 5.56 Å². The predicted molar refractivity (Wildman–Crippen MR) is 75.4 cm³/mol. The van der Waals surface area contributed by atoms with Crippen LogP contribution in [0.5, 0.6) is 0 Å². The lowest BCUT2D eigenvalue weighted by Gasteiger charge is -2.34. The summed E-state index contributed by atoms with van der Waals surface area (Å²) in [6, 6.07) is 7.21. The van der Waals surface area contributed by atoms with Crippen molar-refractivity contribution in [3.63, 3.8) is 0 Å². The van der Waals surface area contributed by atoms with Crippen molar-refractivity contribution < 1.29 is 14.7 Å². The Balaban J connectivity index is 1.85. The molecule has 0 radical (unpaired) electrons. The summed E-state index contributed by atoms with van der Waals surface area (Å²) in [5, 5.41) is 9.45. The standard InChI is InChI=1S/C14H17ClN2O3/c15-12-3-1-11(2-4-12)9-13(19)16-5-7-17(8-6-16)14(20)10-18/h1-4,18H,5-10H2. The van der Waals surface area contributed by atoms with Gasteiger partial charge in [-0.05, 0) is 17.7 Å². The summed E-state index contributed by atoms with van der Waals surface area (Å²) in [6.07, 6.45) is 0.338. The number of carbonyl (C=O) groups excluding carboxylic acids is 2. The zero-order chi connectivity index (χ0) is 14.5. The van der Waals surface area contributed by atoms with E-state index in [2.05, 4.69) is 0 Å². The van der Waals surface area contributed by atoms with E-state index in [-0.39, 0.29) is 11.8 Å². The average molecular weight is 297 g/mol. The van der Waals surface area contributed by atoms with Crippen LogP contribution >= 0.6 is 11.6 Å². The Morgan fingerprint density at radius 1 is 1.00 bits per heavy atom. The molecule has 1 aliphatic rings. The van der Waals surface area contributed by atoms with Gasteiger partial charge in [0.05, 0.1) is 6.42 Å². The molecule has 20 heavy (non-hydrogen) atoms. The summed E-state index contributed by atoms with van der Waals surface area (Å²) in [5.41, 5.74) is 0.924. The monoisotopic (exact) mass is 296 g/mol. The molecule has 1 saturated heterocycles. The molecule has 108 valence electrons. The van der Waals surface area contributed by atoms with Crippen LogP contribution in [0.3, 0.4) is 0 Å². The van der Waals surface area contributed by atoms with Crippen molar-refractivity contribution in [2.75, 3.05) is 32.8 Å². The lowest BCUT2D eigenvalue weighted by Crippen LogP contribution is -2.51. The van der Waals surface area contributed by atoms with Crippen molar-refractivity contribution in [3.05, 3.63) is 34.9 Å². The lowest BCUT2D eigenvalue weighted by molar-refractivity contribution is -0.140. The first-order chi connectivity index (χ1) is 9.60. The van der Waals surface area contributed by atoms with Gasteiger partial charge in [-0.1, -0.05) is 23.7 Å². The van der Waals surface area contributed by atoms with Gasteiger partial charge in [-0.2, -0.15) is 0 Å². The van der Waals surface area contributed by atoms with E-state index in [1.807, 2.05) is 12.1 Å². The number of nitrogens with zero attached hydrogens (tertiary/aromatic N) is 2. The number of halogens is 1. The molecule has 0 bridgehead atoms. The largest absolute Gasteiger partial charge is 0.387 e. The van der Waals surface area contributed by atoms with Crippen molar-refractivity contribution in [2.45, 2.75) is 6.42 Å². The molecular formula is C14H17ClN2O3. The van der Waals surface area contributed by atoms with E-state index < -0.39 is 6.61 Å². The van der Waals surface area contributed by atoms with Gasteiger partial charge in [-0.3, -0.25) is 9.59 Å². The molecule has 5 nitrogen and oxygen atoms in total. The molecule has 0 atom stereocenters. The Bertz CT molecular complexity index is 482. The third-order valence-electron chi connectivity index (χ3n) is 3.39. The van der Waals surface area contributed by atoms with Gasteiger partial charge in [0.25, 0.3) is 0 Å². The Kier molecular flexibility index (Phi) is 4.98. The van der Waals surface area contributed by atoms with Crippen LogP contribution in [0.1, 0.15) is 5.56 Å². The first-order valence-corrected chi connectivity index (χ1v) is 6.89. The molecule has 1 heterocycles. The van der Waals surface area contributed by atoms with Crippen LogP contribution < -0.4 is 0 Å². The number of amides is 2. The van der Waals surface area contributed by atoms with Crippen molar-refractivity contribution >= 4 is 23.4 Å². The minimum absolute atomic E-state index is 0.0448. The Labute approximate surface area is 122 Å². The van der Waals surface area contributed by atoms with Crippen LogP contribution in [0.25, 0.3) is 0 Å². The summed E-state index contributed by atoms with van der Waals surface area (Å²) in [6.45, 7) is 1.51. The molecule has 1 fully saturated rings. The van der Waals surface area contributed by atoms with Gasteiger partial charge in [0, 0.05) is 31.2 Å². The highest BCUT2D eigenvalue weighted by Crippen LogP contribution is 2.11. The topological polar surface area (TPSA) is 60.9 Å². The predicted octanol–water partition coefficient (Wildman–Crippen LogP) is 0.546. The first-order valence-electron chi connectivity index (χ1n) is 6.51. The maximum absolute atomic E-state index is 12.1. The third-order valence-corrected chi connectivity index (χ3v) is 3.64. The molecule has 2 rings (SSSR count). The highest BCUT2D eigenvalue weighted by Gasteiger charge is 2.23. The number of carbonyl (C=O) groups is 2. The van der Waals surface area contributed by atoms with Crippen LogP contribution in [0, 0.1) is 0 Å². The number of aliphatic hydroxyl groups is 1. The highest BCUT2D eigenvalue weighted by atomic mass is 35.5. The number of benzene rings is 1. The summed E-state index contributed by atoms with van der Waals surface area (Å²) in [4.78, 5) is 26.8. The van der Waals surface area contributed by atoms with Crippen LogP contribution in [0.4, 0.5) is 0 Å². The van der Waals surface area contributed by atoms with Gasteiger partial charge in [-0.15, -0.1) is 0 Å². The minimum atomic E-state index is -0.473. The number of hydrogen-bond acceptors (Lipinski definition) is 3. The minimum Gasteiger partial charge on any atom is -0.387 e. The van der Waals surface area contributed by atoms with Crippen LogP contribution in [-0.2, 0) is 16.0 Å². The molecule has 0 unspecified atom stereocenters. The fourth-order valence-corrected chi connectivity index (χ4v) is 2.32. The zero-order valence-electron chi connectivity index (χ0n) is 11.1. The Hall–Kier alpha value is -1.59. The van der Waals surface area contributed by atoms with Gasteiger partial charge in [0.2, 0.25) is 11.8 Å². The van der Waals surface area contributed by atoms with E-state index in [9.17, 15) is 9.59 Å². The van der Waals surface area contributed by atoms with Gasteiger partial charge < -0.3 is 14.9 Å². The van der Waals surface area contributed by atoms with Crippen LogP contribution in [0.15, 0.2) is 24.3 Å². The van der Waals surface area contributed by atoms with Gasteiger partial charge >= 0.3 is 0 Å².